The standard InChI is InChI=1S/C19H27N3O2/c1-21-10-2-4-17(14-21)19(24)20-12-15-6-8-16(9-7-15)13-22-11-3-5-18(22)23/h6-9,17H,2-5,10-14H2,1H3,(H,20,24). The molecule has 0 saturated carbocycles. The van der Waals surface area contributed by atoms with Gasteiger partial charge in [0.1, 0.15) is 0 Å². The fourth-order valence-electron chi connectivity index (χ4n) is 3.57. The summed E-state index contributed by atoms with van der Waals surface area (Å²) in [5, 5.41) is 3.06. The fourth-order valence-corrected chi connectivity index (χ4v) is 3.57. The van der Waals surface area contributed by atoms with Crippen LogP contribution in [0.3, 0.4) is 0 Å². The Morgan fingerprint density at radius 2 is 1.92 bits per heavy atom. The third-order valence-electron chi connectivity index (χ3n) is 5.03. The first-order valence-electron chi connectivity index (χ1n) is 8.93. The van der Waals surface area contributed by atoms with E-state index < -0.39 is 0 Å². The molecule has 2 heterocycles. The minimum atomic E-state index is 0.115. The third kappa shape index (κ3) is 4.35. The van der Waals surface area contributed by atoms with E-state index in [-0.39, 0.29) is 17.7 Å². The van der Waals surface area contributed by atoms with Crippen LogP contribution in [-0.2, 0) is 22.7 Å². The fraction of sp³-hybridized carbons (Fsp3) is 0.579. The molecule has 1 aromatic rings. The first-order valence-corrected chi connectivity index (χ1v) is 8.93. The van der Waals surface area contributed by atoms with Crippen LogP contribution in [0.15, 0.2) is 24.3 Å². The van der Waals surface area contributed by atoms with Gasteiger partial charge in [-0.2, -0.15) is 0 Å². The zero-order chi connectivity index (χ0) is 16.9. The molecule has 0 aromatic heterocycles. The van der Waals surface area contributed by atoms with E-state index in [2.05, 4.69) is 29.4 Å². The molecule has 24 heavy (non-hydrogen) atoms. The molecule has 1 N–H and O–H groups in total. The van der Waals surface area contributed by atoms with Gasteiger partial charge in [-0.25, -0.2) is 0 Å². The van der Waals surface area contributed by atoms with Crippen LogP contribution < -0.4 is 5.32 Å². The second-order valence-corrected chi connectivity index (χ2v) is 7.05. The average Bonchev–Trinajstić information content (AvgIpc) is 2.99. The molecule has 1 atom stereocenters. The largest absolute Gasteiger partial charge is 0.352 e. The first-order chi connectivity index (χ1) is 11.6. The summed E-state index contributed by atoms with van der Waals surface area (Å²) >= 11 is 0. The van der Waals surface area contributed by atoms with Gasteiger partial charge < -0.3 is 15.1 Å². The Bertz CT molecular complexity index is 585. The van der Waals surface area contributed by atoms with Gasteiger partial charge in [0.15, 0.2) is 0 Å². The predicted molar refractivity (Wildman–Crippen MR) is 93.2 cm³/mol. The van der Waals surface area contributed by atoms with Crippen LogP contribution in [0.1, 0.15) is 36.8 Å². The zero-order valence-electron chi connectivity index (χ0n) is 14.5. The number of carbonyl (C=O) groups excluding carboxylic acids is 2. The van der Waals surface area contributed by atoms with Crippen LogP contribution >= 0.6 is 0 Å². The van der Waals surface area contributed by atoms with E-state index in [0.717, 1.165) is 50.0 Å². The lowest BCUT2D eigenvalue weighted by molar-refractivity contribution is -0.128. The van der Waals surface area contributed by atoms with Crippen LogP contribution in [-0.4, -0.2) is 48.3 Å². The summed E-state index contributed by atoms with van der Waals surface area (Å²) in [7, 11) is 2.07. The zero-order valence-corrected chi connectivity index (χ0v) is 14.5. The van der Waals surface area contributed by atoms with Gasteiger partial charge in [0.2, 0.25) is 11.8 Å². The average molecular weight is 329 g/mol. The van der Waals surface area contributed by atoms with Crippen LogP contribution in [0, 0.1) is 5.92 Å². The molecular formula is C19H27N3O2. The predicted octanol–water partition coefficient (Wildman–Crippen LogP) is 1.77. The maximum Gasteiger partial charge on any atom is 0.224 e. The highest BCUT2D eigenvalue weighted by molar-refractivity contribution is 5.79. The van der Waals surface area contributed by atoms with Gasteiger partial charge in [-0.1, -0.05) is 24.3 Å². The Hall–Kier alpha value is -1.88. The molecule has 0 aliphatic carbocycles. The molecule has 5 heteroatoms. The molecule has 1 unspecified atom stereocenters. The topological polar surface area (TPSA) is 52.7 Å². The number of amides is 2. The molecule has 3 rings (SSSR count). The van der Waals surface area contributed by atoms with E-state index in [1.807, 2.05) is 17.0 Å². The molecule has 0 bridgehead atoms. The summed E-state index contributed by atoms with van der Waals surface area (Å²) in [6.07, 6.45) is 3.73. The van der Waals surface area contributed by atoms with Crippen molar-refractivity contribution in [3.8, 4) is 0 Å². The number of rotatable bonds is 5. The lowest BCUT2D eigenvalue weighted by atomic mass is 9.97. The van der Waals surface area contributed by atoms with Gasteiger partial charge in [0, 0.05) is 32.6 Å². The van der Waals surface area contributed by atoms with E-state index in [9.17, 15) is 9.59 Å². The number of carbonyl (C=O) groups is 2. The molecule has 130 valence electrons. The summed E-state index contributed by atoms with van der Waals surface area (Å²) < 4.78 is 0. The van der Waals surface area contributed by atoms with Crippen molar-refractivity contribution >= 4 is 11.8 Å². The van der Waals surface area contributed by atoms with Gasteiger partial charge in [0.05, 0.1) is 5.92 Å². The quantitative estimate of drug-likeness (QED) is 0.896. The van der Waals surface area contributed by atoms with Crippen molar-refractivity contribution in [3.05, 3.63) is 35.4 Å². The SMILES string of the molecule is CN1CCCC(C(=O)NCc2ccc(CN3CCCC3=O)cc2)C1. The van der Waals surface area contributed by atoms with E-state index in [0.29, 0.717) is 19.5 Å². The molecule has 0 spiro atoms. The third-order valence-corrected chi connectivity index (χ3v) is 5.03. The van der Waals surface area contributed by atoms with Crippen molar-refractivity contribution in [1.29, 1.82) is 0 Å². The Kier molecular flexibility index (Phi) is 5.51. The van der Waals surface area contributed by atoms with Gasteiger partial charge in [-0.05, 0) is 44.0 Å². The summed E-state index contributed by atoms with van der Waals surface area (Å²) in [6.45, 7) is 4.08. The molecule has 5 nitrogen and oxygen atoms in total. The number of likely N-dealkylation sites (tertiary alicyclic amines) is 2. The Morgan fingerprint density at radius 3 is 2.58 bits per heavy atom. The van der Waals surface area contributed by atoms with Crippen LogP contribution in [0.5, 0.6) is 0 Å². The molecule has 1 aromatic carbocycles. The number of nitrogens with zero attached hydrogens (tertiary/aromatic N) is 2. The summed E-state index contributed by atoms with van der Waals surface area (Å²) in [5.74, 6) is 0.529. The number of hydrogen-bond acceptors (Lipinski definition) is 3. The minimum absolute atomic E-state index is 0.115. The highest BCUT2D eigenvalue weighted by Crippen LogP contribution is 2.16. The molecule has 2 aliphatic heterocycles. The Morgan fingerprint density at radius 1 is 1.17 bits per heavy atom. The lowest BCUT2D eigenvalue weighted by Crippen LogP contribution is -2.41. The van der Waals surface area contributed by atoms with Crippen molar-refractivity contribution in [2.45, 2.75) is 38.8 Å². The van der Waals surface area contributed by atoms with E-state index in [4.69, 9.17) is 0 Å². The molecule has 0 radical (unpaired) electrons. The van der Waals surface area contributed by atoms with E-state index >= 15 is 0 Å². The molecule has 2 saturated heterocycles. The van der Waals surface area contributed by atoms with Crippen LogP contribution in [0.25, 0.3) is 0 Å². The van der Waals surface area contributed by atoms with E-state index in [1.165, 1.54) is 0 Å². The van der Waals surface area contributed by atoms with Crippen molar-refractivity contribution in [3.63, 3.8) is 0 Å². The summed E-state index contributed by atoms with van der Waals surface area (Å²) in [5.41, 5.74) is 2.25. The molecule has 2 aliphatic rings. The lowest BCUT2D eigenvalue weighted by Gasteiger charge is -2.28. The molecule has 2 amide bonds. The second-order valence-electron chi connectivity index (χ2n) is 7.05. The number of benzene rings is 1. The Balaban J connectivity index is 1.47. The van der Waals surface area contributed by atoms with Gasteiger partial charge >= 0.3 is 0 Å². The maximum absolute atomic E-state index is 12.3. The number of nitrogens with one attached hydrogen (secondary N) is 1. The molecule has 2 fully saturated rings. The summed E-state index contributed by atoms with van der Waals surface area (Å²) in [6, 6.07) is 8.20. The Labute approximate surface area is 144 Å². The second kappa shape index (κ2) is 7.79. The van der Waals surface area contributed by atoms with Gasteiger partial charge in [-0.3, -0.25) is 9.59 Å². The normalized spacial score (nSPS) is 22.0. The first kappa shape index (κ1) is 17.0. The van der Waals surface area contributed by atoms with E-state index in [1.54, 1.807) is 0 Å². The van der Waals surface area contributed by atoms with Gasteiger partial charge in [-0.15, -0.1) is 0 Å². The highest BCUT2D eigenvalue weighted by atomic mass is 16.2. The van der Waals surface area contributed by atoms with Crippen molar-refractivity contribution in [1.82, 2.24) is 15.1 Å². The smallest absolute Gasteiger partial charge is 0.224 e. The summed E-state index contributed by atoms with van der Waals surface area (Å²) in [4.78, 5) is 28.1. The maximum atomic E-state index is 12.3. The van der Waals surface area contributed by atoms with Crippen molar-refractivity contribution in [2.24, 2.45) is 5.92 Å². The number of hydrogen-bond donors (Lipinski definition) is 1. The highest BCUT2D eigenvalue weighted by Gasteiger charge is 2.23. The van der Waals surface area contributed by atoms with Crippen LogP contribution in [0.2, 0.25) is 0 Å². The monoisotopic (exact) mass is 329 g/mol. The van der Waals surface area contributed by atoms with Crippen molar-refractivity contribution < 1.29 is 9.59 Å². The van der Waals surface area contributed by atoms with Crippen molar-refractivity contribution in [2.75, 3.05) is 26.7 Å². The van der Waals surface area contributed by atoms with Gasteiger partial charge in [0.25, 0.3) is 0 Å². The number of piperidine rings is 1. The van der Waals surface area contributed by atoms with Crippen LogP contribution in [0.4, 0.5) is 0 Å². The minimum Gasteiger partial charge on any atom is -0.352 e. The molecular weight excluding hydrogens is 302 g/mol.